The second-order valence-electron chi connectivity index (χ2n) is 5.84. The van der Waals surface area contributed by atoms with Gasteiger partial charge in [0.25, 0.3) is 0 Å². The molecule has 0 radical (unpaired) electrons. The van der Waals surface area contributed by atoms with Crippen molar-refractivity contribution in [2.24, 2.45) is 11.8 Å². The van der Waals surface area contributed by atoms with E-state index >= 15 is 0 Å². The van der Waals surface area contributed by atoms with Gasteiger partial charge in [-0.2, -0.15) is 0 Å². The summed E-state index contributed by atoms with van der Waals surface area (Å²) in [7, 11) is 0. The van der Waals surface area contributed by atoms with Crippen LogP contribution >= 0.6 is 0 Å². The zero-order valence-corrected chi connectivity index (χ0v) is 11.2. The number of nitrogens with one attached hydrogen (secondary N) is 1. The number of rotatable bonds is 6. The number of hydrogen-bond donors (Lipinski definition) is 2. The average Bonchev–Trinajstić information content (AvgIpc) is 2.65. The lowest BCUT2D eigenvalue weighted by atomic mass is 9.94. The van der Waals surface area contributed by atoms with Crippen LogP contribution in [0.15, 0.2) is 12.2 Å². The van der Waals surface area contributed by atoms with Crippen molar-refractivity contribution in [1.82, 2.24) is 5.32 Å². The zero-order chi connectivity index (χ0) is 12.9. The molecule has 0 bridgehead atoms. The summed E-state index contributed by atoms with van der Waals surface area (Å²) < 4.78 is 0. The highest BCUT2D eigenvalue weighted by Crippen LogP contribution is 2.20. The predicted octanol–water partition coefficient (Wildman–Crippen LogP) is 2.26. The molecule has 0 saturated carbocycles. The van der Waals surface area contributed by atoms with Crippen LogP contribution in [-0.4, -0.2) is 23.2 Å². The first-order chi connectivity index (χ1) is 7.89. The molecule has 0 aliphatic heterocycles. The van der Waals surface area contributed by atoms with E-state index in [1.165, 1.54) is 0 Å². The molecule has 2 atom stereocenters. The van der Waals surface area contributed by atoms with Gasteiger partial charge in [-0.1, -0.05) is 26.0 Å². The summed E-state index contributed by atoms with van der Waals surface area (Å²) in [6, 6.07) is 0. The second kappa shape index (κ2) is 6.20. The Balaban J connectivity index is 2.24. The molecule has 3 nitrogen and oxygen atoms in total. The molecule has 0 saturated heterocycles. The Morgan fingerprint density at radius 2 is 2.29 bits per heavy atom. The van der Waals surface area contributed by atoms with Gasteiger partial charge in [-0.3, -0.25) is 4.79 Å². The lowest BCUT2D eigenvalue weighted by Crippen LogP contribution is -2.41. The molecule has 0 aromatic heterocycles. The van der Waals surface area contributed by atoms with Gasteiger partial charge in [0.2, 0.25) is 5.91 Å². The third-order valence-electron chi connectivity index (χ3n) is 3.07. The predicted molar refractivity (Wildman–Crippen MR) is 69.6 cm³/mol. The maximum absolute atomic E-state index is 11.7. The third kappa shape index (κ3) is 5.87. The van der Waals surface area contributed by atoms with Crippen molar-refractivity contribution < 1.29 is 9.90 Å². The van der Waals surface area contributed by atoms with Gasteiger partial charge < -0.3 is 10.4 Å². The molecule has 2 unspecified atom stereocenters. The van der Waals surface area contributed by atoms with Crippen LogP contribution in [-0.2, 0) is 4.79 Å². The first-order valence-corrected chi connectivity index (χ1v) is 6.55. The quantitative estimate of drug-likeness (QED) is 0.698. The van der Waals surface area contributed by atoms with E-state index in [1.807, 2.05) is 0 Å². The largest absolute Gasteiger partial charge is 0.388 e. The summed E-state index contributed by atoms with van der Waals surface area (Å²) in [5.74, 6) is 0.871. The van der Waals surface area contributed by atoms with E-state index in [1.54, 1.807) is 6.92 Å². The Labute approximate surface area is 104 Å². The van der Waals surface area contributed by atoms with Gasteiger partial charge in [-0.15, -0.1) is 0 Å². The smallest absolute Gasteiger partial charge is 0.220 e. The topological polar surface area (TPSA) is 49.3 Å². The Hall–Kier alpha value is -0.830. The van der Waals surface area contributed by atoms with Crippen molar-refractivity contribution in [3.8, 4) is 0 Å². The van der Waals surface area contributed by atoms with E-state index in [2.05, 4.69) is 31.3 Å². The highest BCUT2D eigenvalue weighted by molar-refractivity contribution is 5.76. The molecule has 1 rings (SSSR count). The molecular weight excluding hydrogens is 214 g/mol. The van der Waals surface area contributed by atoms with E-state index in [0.717, 1.165) is 12.8 Å². The summed E-state index contributed by atoms with van der Waals surface area (Å²) >= 11 is 0. The molecule has 0 heterocycles. The Morgan fingerprint density at radius 1 is 1.59 bits per heavy atom. The van der Waals surface area contributed by atoms with Gasteiger partial charge in [0, 0.05) is 13.0 Å². The fraction of sp³-hybridized carbons (Fsp3) is 0.786. The SMILES string of the molecule is CC(C)CC(C)(O)CNC(=O)CC1C=CCC1. The van der Waals surface area contributed by atoms with Crippen LogP contribution in [0.25, 0.3) is 0 Å². The summed E-state index contributed by atoms with van der Waals surface area (Å²) in [6.07, 6.45) is 7.67. The molecule has 0 spiro atoms. The van der Waals surface area contributed by atoms with Crippen molar-refractivity contribution in [2.75, 3.05) is 6.54 Å². The highest BCUT2D eigenvalue weighted by Gasteiger charge is 2.23. The molecular formula is C14H25NO2. The summed E-state index contributed by atoms with van der Waals surface area (Å²) in [5.41, 5.74) is -0.796. The average molecular weight is 239 g/mol. The fourth-order valence-electron chi connectivity index (χ4n) is 2.42. The van der Waals surface area contributed by atoms with E-state index in [-0.39, 0.29) is 5.91 Å². The zero-order valence-electron chi connectivity index (χ0n) is 11.2. The van der Waals surface area contributed by atoms with E-state index in [0.29, 0.717) is 31.2 Å². The Kier molecular flexibility index (Phi) is 5.19. The molecule has 1 aliphatic rings. The van der Waals surface area contributed by atoms with Crippen molar-refractivity contribution in [1.29, 1.82) is 0 Å². The van der Waals surface area contributed by atoms with E-state index < -0.39 is 5.60 Å². The minimum Gasteiger partial charge on any atom is -0.388 e. The van der Waals surface area contributed by atoms with Crippen LogP contribution in [0.2, 0.25) is 0 Å². The highest BCUT2D eigenvalue weighted by atomic mass is 16.3. The van der Waals surface area contributed by atoms with Crippen LogP contribution in [0.3, 0.4) is 0 Å². The van der Waals surface area contributed by atoms with Crippen molar-refractivity contribution in [3.63, 3.8) is 0 Å². The summed E-state index contributed by atoms with van der Waals surface area (Å²) in [4.78, 5) is 11.7. The normalized spacial score (nSPS) is 22.8. The Bertz CT molecular complexity index is 282. The maximum atomic E-state index is 11.7. The molecule has 98 valence electrons. The number of allylic oxidation sites excluding steroid dienone is 2. The molecule has 3 heteroatoms. The van der Waals surface area contributed by atoms with E-state index in [4.69, 9.17) is 0 Å². The Morgan fingerprint density at radius 3 is 2.82 bits per heavy atom. The first kappa shape index (κ1) is 14.2. The minimum atomic E-state index is -0.796. The van der Waals surface area contributed by atoms with Gasteiger partial charge in [0.1, 0.15) is 0 Å². The van der Waals surface area contributed by atoms with Crippen LogP contribution in [0.4, 0.5) is 0 Å². The van der Waals surface area contributed by atoms with Crippen molar-refractivity contribution in [3.05, 3.63) is 12.2 Å². The van der Waals surface area contributed by atoms with Gasteiger partial charge in [0.15, 0.2) is 0 Å². The number of hydrogen-bond acceptors (Lipinski definition) is 2. The van der Waals surface area contributed by atoms with E-state index in [9.17, 15) is 9.90 Å². The molecule has 0 aromatic rings. The number of amides is 1. The first-order valence-electron chi connectivity index (χ1n) is 6.55. The standard InChI is InChI=1S/C14H25NO2/c1-11(2)9-14(3,17)10-15-13(16)8-12-6-4-5-7-12/h4,6,11-12,17H,5,7-10H2,1-3H3,(H,15,16). The van der Waals surface area contributed by atoms with Crippen LogP contribution in [0.1, 0.15) is 46.5 Å². The minimum absolute atomic E-state index is 0.0468. The van der Waals surface area contributed by atoms with Crippen LogP contribution < -0.4 is 5.32 Å². The lowest BCUT2D eigenvalue weighted by Gasteiger charge is -2.25. The summed E-state index contributed by atoms with van der Waals surface area (Å²) in [6.45, 7) is 6.27. The molecule has 2 N–H and O–H groups in total. The van der Waals surface area contributed by atoms with Gasteiger partial charge >= 0.3 is 0 Å². The second-order valence-corrected chi connectivity index (χ2v) is 5.84. The fourth-order valence-corrected chi connectivity index (χ4v) is 2.42. The monoisotopic (exact) mass is 239 g/mol. The maximum Gasteiger partial charge on any atom is 0.220 e. The number of carbonyl (C=O) groups excluding carboxylic acids is 1. The van der Waals surface area contributed by atoms with Gasteiger partial charge in [-0.25, -0.2) is 0 Å². The molecule has 1 aliphatic carbocycles. The summed E-state index contributed by atoms with van der Waals surface area (Å²) in [5, 5.41) is 12.9. The van der Waals surface area contributed by atoms with Gasteiger partial charge in [-0.05, 0) is 38.0 Å². The van der Waals surface area contributed by atoms with Crippen molar-refractivity contribution >= 4 is 5.91 Å². The molecule has 0 aromatic carbocycles. The lowest BCUT2D eigenvalue weighted by molar-refractivity contribution is -0.123. The third-order valence-corrected chi connectivity index (χ3v) is 3.07. The van der Waals surface area contributed by atoms with Gasteiger partial charge in [0.05, 0.1) is 5.60 Å². The molecule has 17 heavy (non-hydrogen) atoms. The number of carbonyl (C=O) groups is 1. The number of aliphatic hydroxyl groups is 1. The van der Waals surface area contributed by atoms with Crippen LogP contribution in [0.5, 0.6) is 0 Å². The molecule has 0 fully saturated rings. The van der Waals surface area contributed by atoms with Crippen molar-refractivity contribution in [2.45, 2.75) is 52.1 Å². The molecule has 1 amide bonds. The van der Waals surface area contributed by atoms with Crippen LogP contribution in [0, 0.1) is 11.8 Å².